The number of rotatable bonds is 6. The maximum absolute atomic E-state index is 10.9. The molecule has 19 heavy (non-hydrogen) atoms. The Morgan fingerprint density at radius 2 is 2.05 bits per heavy atom. The van der Waals surface area contributed by atoms with Crippen LogP contribution in [0.5, 0.6) is 0 Å². The van der Waals surface area contributed by atoms with E-state index in [-0.39, 0.29) is 5.91 Å². The van der Waals surface area contributed by atoms with Crippen molar-refractivity contribution in [1.82, 2.24) is 10.2 Å². The van der Waals surface area contributed by atoms with Gasteiger partial charge >= 0.3 is 0 Å². The van der Waals surface area contributed by atoms with Gasteiger partial charge in [0.15, 0.2) is 5.11 Å². The largest absolute Gasteiger partial charge is 0.370 e. The summed E-state index contributed by atoms with van der Waals surface area (Å²) in [5, 5.41) is 4.02. The third kappa shape index (κ3) is 4.87. The number of thiocarbonyl (C=S) groups is 1. The van der Waals surface area contributed by atoms with Gasteiger partial charge in [-0.2, -0.15) is 0 Å². The summed E-state index contributed by atoms with van der Waals surface area (Å²) < 4.78 is 0. The lowest BCUT2D eigenvalue weighted by molar-refractivity contribution is -0.118. The molecule has 5 heteroatoms. The standard InChI is InChI=1S/C14H19N3OS/c15-13(18)8-9-17(14(19)16-12-6-7-12)10-11-4-2-1-3-5-11/h1-5,12H,6-10H2,(H2,15,18)(H,16,19). The van der Waals surface area contributed by atoms with E-state index in [1.54, 1.807) is 0 Å². The van der Waals surface area contributed by atoms with Crippen molar-refractivity contribution in [1.29, 1.82) is 0 Å². The van der Waals surface area contributed by atoms with E-state index < -0.39 is 0 Å². The number of benzene rings is 1. The third-order valence-electron chi connectivity index (χ3n) is 3.04. The first-order chi connectivity index (χ1) is 9.15. The van der Waals surface area contributed by atoms with Crippen molar-refractivity contribution in [2.24, 2.45) is 5.73 Å². The van der Waals surface area contributed by atoms with Crippen molar-refractivity contribution in [3.8, 4) is 0 Å². The van der Waals surface area contributed by atoms with Crippen LogP contribution < -0.4 is 11.1 Å². The summed E-state index contributed by atoms with van der Waals surface area (Å²) in [6.07, 6.45) is 2.67. The Balaban J connectivity index is 1.95. The fourth-order valence-corrected chi connectivity index (χ4v) is 2.12. The van der Waals surface area contributed by atoms with E-state index in [0.29, 0.717) is 30.7 Å². The molecular weight excluding hydrogens is 258 g/mol. The Hall–Kier alpha value is -1.62. The van der Waals surface area contributed by atoms with E-state index in [4.69, 9.17) is 18.0 Å². The molecule has 0 saturated heterocycles. The third-order valence-corrected chi connectivity index (χ3v) is 3.41. The number of primary amides is 1. The van der Waals surface area contributed by atoms with Gasteiger partial charge in [0.25, 0.3) is 0 Å². The number of hydrogen-bond acceptors (Lipinski definition) is 2. The Morgan fingerprint density at radius 3 is 2.63 bits per heavy atom. The number of carbonyl (C=O) groups is 1. The second-order valence-electron chi connectivity index (χ2n) is 4.85. The molecule has 1 fully saturated rings. The monoisotopic (exact) mass is 277 g/mol. The molecular formula is C14H19N3OS. The van der Waals surface area contributed by atoms with Gasteiger partial charge in [-0.1, -0.05) is 30.3 Å². The molecule has 1 aromatic rings. The van der Waals surface area contributed by atoms with Crippen molar-refractivity contribution < 1.29 is 4.79 Å². The Kier molecular flexibility index (Phi) is 4.74. The maximum atomic E-state index is 10.9. The summed E-state index contributed by atoms with van der Waals surface area (Å²) in [6, 6.07) is 10.6. The molecule has 1 aliphatic carbocycles. The molecule has 2 rings (SSSR count). The van der Waals surface area contributed by atoms with Crippen LogP contribution in [0.2, 0.25) is 0 Å². The van der Waals surface area contributed by atoms with Gasteiger partial charge in [0, 0.05) is 25.6 Å². The van der Waals surface area contributed by atoms with Crippen LogP contribution in [0, 0.1) is 0 Å². The van der Waals surface area contributed by atoms with Gasteiger partial charge in [-0.05, 0) is 30.6 Å². The van der Waals surface area contributed by atoms with Crippen LogP contribution in [0.25, 0.3) is 0 Å². The normalized spacial score (nSPS) is 13.9. The number of amides is 1. The highest BCUT2D eigenvalue weighted by atomic mass is 32.1. The van der Waals surface area contributed by atoms with Gasteiger partial charge in [-0.3, -0.25) is 4.79 Å². The SMILES string of the molecule is NC(=O)CCN(Cc1ccccc1)C(=S)NC1CC1. The quantitative estimate of drug-likeness (QED) is 0.772. The first kappa shape index (κ1) is 13.8. The summed E-state index contributed by atoms with van der Waals surface area (Å²) in [6.45, 7) is 1.26. The first-order valence-corrected chi connectivity index (χ1v) is 6.93. The van der Waals surface area contributed by atoms with E-state index in [9.17, 15) is 4.79 Å². The summed E-state index contributed by atoms with van der Waals surface area (Å²) in [4.78, 5) is 13.0. The molecule has 1 amide bonds. The lowest BCUT2D eigenvalue weighted by Gasteiger charge is -2.25. The van der Waals surface area contributed by atoms with E-state index in [2.05, 4.69) is 17.4 Å². The molecule has 0 unspecified atom stereocenters. The smallest absolute Gasteiger partial charge is 0.219 e. The first-order valence-electron chi connectivity index (χ1n) is 6.53. The zero-order valence-electron chi connectivity index (χ0n) is 10.8. The lowest BCUT2D eigenvalue weighted by Crippen LogP contribution is -2.41. The topological polar surface area (TPSA) is 58.4 Å². The van der Waals surface area contributed by atoms with Crippen molar-refractivity contribution >= 4 is 23.2 Å². The van der Waals surface area contributed by atoms with Gasteiger partial charge in [0.1, 0.15) is 0 Å². The molecule has 0 spiro atoms. The van der Waals surface area contributed by atoms with Crippen LogP contribution in [-0.2, 0) is 11.3 Å². The molecule has 1 aromatic carbocycles. The van der Waals surface area contributed by atoms with Crippen LogP contribution >= 0.6 is 12.2 Å². The van der Waals surface area contributed by atoms with Gasteiger partial charge in [-0.25, -0.2) is 0 Å². The number of hydrogen-bond donors (Lipinski definition) is 2. The van der Waals surface area contributed by atoms with Crippen LogP contribution in [0.3, 0.4) is 0 Å². The molecule has 0 aliphatic heterocycles. The second kappa shape index (κ2) is 6.52. The van der Waals surface area contributed by atoms with Gasteiger partial charge < -0.3 is 16.0 Å². The summed E-state index contributed by atoms with van der Waals surface area (Å²) >= 11 is 5.41. The fraction of sp³-hybridized carbons (Fsp3) is 0.429. The average molecular weight is 277 g/mol. The van der Waals surface area contributed by atoms with E-state index >= 15 is 0 Å². The van der Waals surface area contributed by atoms with Gasteiger partial charge in [0.05, 0.1) is 0 Å². The average Bonchev–Trinajstić information content (AvgIpc) is 3.19. The molecule has 1 aliphatic rings. The highest BCUT2D eigenvalue weighted by Gasteiger charge is 2.24. The Morgan fingerprint density at radius 1 is 1.37 bits per heavy atom. The molecule has 4 nitrogen and oxygen atoms in total. The number of nitrogens with one attached hydrogen (secondary N) is 1. The zero-order chi connectivity index (χ0) is 13.7. The highest BCUT2D eigenvalue weighted by molar-refractivity contribution is 7.80. The second-order valence-corrected chi connectivity index (χ2v) is 5.23. The molecule has 0 atom stereocenters. The molecule has 0 bridgehead atoms. The number of carbonyl (C=O) groups excluding carboxylic acids is 1. The highest BCUT2D eigenvalue weighted by Crippen LogP contribution is 2.19. The minimum absolute atomic E-state index is 0.299. The molecule has 1 saturated carbocycles. The predicted octanol–water partition coefficient (Wildman–Crippen LogP) is 1.40. The summed E-state index contributed by atoms with van der Waals surface area (Å²) in [5.74, 6) is -0.299. The predicted molar refractivity (Wildman–Crippen MR) is 79.4 cm³/mol. The maximum Gasteiger partial charge on any atom is 0.219 e. The Bertz CT molecular complexity index is 445. The van der Waals surface area contributed by atoms with Crippen molar-refractivity contribution in [3.63, 3.8) is 0 Å². The minimum Gasteiger partial charge on any atom is -0.370 e. The van der Waals surface area contributed by atoms with Gasteiger partial charge in [-0.15, -0.1) is 0 Å². The van der Waals surface area contributed by atoms with Crippen LogP contribution in [-0.4, -0.2) is 28.5 Å². The van der Waals surface area contributed by atoms with E-state index in [0.717, 1.165) is 0 Å². The fourth-order valence-electron chi connectivity index (χ4n) is 1.79. The van der Waals surface area contributed by atoms with E-state index in [1.165, 1.54) is 18.4 Å². The number of nitrogens with two attached hydrogens (primary N) is 1. The molecule has 0 aromatic heterocycles. The van der Waals surface area contributed by atoms with Crippen LogP contribution in [0.15, 0.2) is 30.3 Å². The van der Waals surface area contributed by atoms with E-state index in [1.807, 2.05) is 23.1 Å². The summed E-state index contributed by atoms with van der Waals surface area (Å²) in [7, 11) is 0. The van der Waals surface area contributed by atoms with Crippen molar-refractivity contribution in [3.05, 3.63) is 35.9 Å². The van der Waals surface area contributed by atoms with Crippen LogP contribution in [0.4, 0.5) is 0 Å². The molecule has 0 heterocycles. The zero-order valence-corrected chi connectivity index (χ0v) is 11.7. The molecule has 3 N–H and O–H groups in total. The van der Waals surface area contributed by atoms with Crippen molar-refractivity contribution in [2.45, 2.75) is 31.8 Å². The Labute approximate surface area is 119 Å². The number of nitrogens with zero attached hydrogens (tertiary/aromatic N) is 1. The molecule has 102 valence electrons. The lowest BCUT2D eigenvalue weighted by atomic mass is 10.2. The molecule has 0 radical (unpaired) electrons. The summed E-state index contributed by atoms with van der Waals surface area (Å²) in [5.41, 5.74) is 6.39. The van der Waals surface area contributed by atoms with Crippen molar-refractivity contribution in [2.75, 3.05) is 6.54 Å². The van der Waals surface area contributed by atoms with Gasteiger partial charge in [0.2, 0.25) is 5.91 Å². The van der Waals surface area contributed by atoms with Crippen LogP contribution in [0.1, 0.15) is 24.8 Å². The minimum atomic E-state index is -0.299.